The molecule has 1 N–H and O–H groups in total. The van der Waals surface area contributed by atoms with Crippen molar-refractivity contribution in [1.82, 2.24) is 34.5 Å². The van der Waals surface area contributed by atoms with Crippen LogP contribution in [0.15, 0.2) is 66.0 Å². The summed E-state index contributed by atoms with van der Waals surface area (Å²) in [5, 5.41) is 9.90. The quantitative estimate of drug-likeness (QED) is 0.0588. The van der Waals surface area contributed by atoms with E-state index in [4.69, 9.17) is 19.6 Å². The molecular weight excluding hydrogens is 665 g/mol. The van der Waals surface area contributed by atoms with Crippen LogP contribution in [-0.2, 0) is 22.7 Å². The molecule has 0 saturated carbocycles. The molecule has 0 aliphatic heterocycles. The molecule has 0 fully saturated rings. The Bertz CT molecular complexity index is 2140. The highest BCUT2D eigenvalue weighted by Crippen LogP contribution is 2.41. The second-order valence-corrected chi connectivity index (χ2v) is 21.6. The van der Waals surface area contributed by atoms with E-state index in [0.29, 0.717) is 32.4 Å². The van der Waals surface area contributed by atoms with Crippen LogP contribution < -0.4 is 5.32 Å². The van der Waals surface area contributed by atoms with E-state index in [0.717, 1.165) is 49.5 Å². The van der Waals surface area contributed by atoms with E-state index in [2.05, 4.69) is 88.2 Å². The van der Waals surface area contributed by atoms with Gasteiger partial charge in [0.05, 0.1) is 29.8 Å². The third-order valence-corrected chi connectivity index (χ3v) is 10.8. The van der Waals surface area contributed by atoms with Gasteiger partial charge in [-0.1, -0.05) is 37.8 Å². The molecule has 0 aliphatic rings. The van der Waals surface area contributed by atoms with Gasteiger partial charge in [0.15, 0.2) is 0 Å². The van der Waals surface area contributed by atoms with Gasteiger partial charge in [-0.25, -0.2) is 24.4 Å². The number of nitrogens with zero attached hydrogens (tertiary/aromatic N) is 7. The Hall–Kier alpha value is -4.59. The standard InChI is InChI=1S/C37H46N8O3SSi/c1-37(2,3)48-36(46)38-13-14-44-22-29(33-30(44)21-39-35(42-33)40-23-43(4)5)26-17-27-20-41-45(24-47-15-16-50(6,7)8)34(27)28(18-26)32-19-25-11-9-10-12-31(25)49-32/h9-12,17-23H,13-16,24H2,1-8H3,(H,38,46)/b40-23+. The van der Waals surface area contributed by atoms with Crippen molar-refractivity contribution < 1.29 is 14.3 Å². The monoisotopic (exact) mass is 710 g/mol. The number of carbonyl (C=O) groups excluding carboxylic acids is 1. The number of alkyl carbamates (subject to hydrolysis) is 1. The average molecular weight is 711 g/mol. The second-order valence-electron chi connectivity index (χ2n) is 14.9. The zero-order chi connectivity index (χ0) is 35.6. The highest BCUT2D eigenvalue weighted by atomic mass is 32.1. The first-order chi connectivity index (χ1) is 23.7. The summed E-state index contributed by atoms with van der Waals surface area (Å²) in [6, 6.07) is 16.2. The fourth-order valence-corrected chi connectivity index (χ4v) is 7.43. The lowest BCUT2D eigenvalue weighted by molar-refractivity contribution is 0.0526. The van der Waals surface area contributed by atoms with E-state index in [1.807, 2.05) is 50.6 Å². The smallest absolute Gasteiger partial charge is 0.407 e. The summed E-state index contributed by atoms with van der Waals surface area (Å²) >= 11 is 1.77. The van der Waals surface area contributed by atoms with Gasteiger partial charge in [-0.15, -0.1) is 11.3 Å². The zero-order valence-electron chi connectivity index (χ0n) is 30.1. The predicted octanol–water partition coefficient (Wildman–Crippen LogP) is 8.39. The minimum absolute atomic E-state index is 0.367. The summed E-state index contributed by atoms with van der Waals surface area (Å²) in [6.07, 6.45) is 7.03. The van der Waals surface area contributed by atoms with Gasteiger partial charge < -0.3 is 24.3 Å². The van der Waals surface area contributed by atoms with E-state index >= 15 is 0 Å². The van der Waals surface area contributed by atoms with Gasteiger partial charge in [0, 0.05) is 74.2 Å². The molecule has 262 valence electrons. The molecule has 13 heteroatoms. The topological polar surface area (TPSA) is 112 Å². The normalized spacial score (nSPS) is 12.5. The van der Waals surface area contributed by atoms with Crippen LogP contribution in [0.1, 0.15) is 20.8 Å². The molecule has 0 radical (unpaired) electrons. The molecule has 2 aromatic carbocycles. The molecule has 11 nitrogen and oxygen atoms in total. The number of carbonyl (C=O) groups is 1. The first-order valence-electron chi connectivity index (χ1n) is 16.8. The van der Waals surface area contributed by atoms with E-state index < -0.39 is 19.8 Å². The summed E-state index contributed by atoms with van der Waals surface area (Å²) in [5.74, 6) is 0.367. The third kappa shape index (κ3) is 8.40. The average Bonchev–Trinajstić information content (AvgIpc) is 3.75. The fourth-order valence-electron chi connectivity index (χ4n) is 5.60. The lowest BCUT2D eigenvalue weighted by Gasteiger charge is -2.19. The number of fused-ring (bicyclic) bond motifs is 3. The van der Waals surface area contributed by atoms with Crippen molar-refractivity contribution in [2.75, 3.05) is 27.2 Å². The van der Waals surface area contributed by atoms with Crippen molar-refractivity contribution in [2.45, 2.75) is 65.3 Å². The number of nitrogens with one attached hydrogen (secondary N) is 1. The van der Waals surface area contributed by atoms with Gasteiger partial charge in [0.25, 0.3) is 5.95 Å². The summed E-state index contributed by atoms with van der Waals surface area (Å²) in [6.45, 7) is 14.6. The molecule has 0 saturated heterocycles. The van der Waals surface area contributed by atoms with Gasteiger partial charge >= 0.3 is 6.09 Å². The summed E-state index contributed by atoms with van der Waals surface area (Å²) in [7, 11) is 2.59. The molecule has 6 aromatic rings. The number of rotatable bonds is 12. The lowest BCUT2D eigenvalue weighted by Crippen LogP contribution is -2.34. The number of aliphatic imine (C=N–C) groups is 1. The third-order valence-electron chi connectivity index (χ3n) is 7.98. The van der Waals surface area contributed by atoms with Crippen LogP contribution >= 0.6 is 11.3 Å². The molecule has 0 aliphatic carbocycles. The molecule has 4 aromatic heterocycles. The van der Waals surface area contributed by atoms with Crippen LogP contribution in [-0.4, -0.2) is 82.6 Å². The van der Waals surface area contributed by atoms with Crippen molar-refractivity contribution in [2.24, 2.45) is 4.99 Å². The summed E-state index contributed by atoms with van der Waals surface area (Å²) in [5.41, 5.74) is 5.07. The van der Waals surface area contributed by atoms with Crippen LogP contribution in [0.3, 0.4) is 0 Å². The number of benzene rings is 2. The van der Waals surface area contributed by atoms with Crippen LogP contribution in [0.2, 0.25) is 25.7 Å². The van der Waals surface area contributed by atoms with Gasteiger partial charge in [0.1, 0.15) is 17.8 Å². The predicted molar refractivity (Wildman–Crippen MR) is 207 cm³/mol. The summed E-state index contributed by atoms with van der Waals surface area (Å²) in [4.78, 5) is 29.3. The number of thiophene rings is 1. The number of ether oxygens (including phenoxy) is 2. The molecule has 1 amide bonds. The minimum Gasteiger partial charge on any atom is -0.444 e. The second kappa shape index (κ2) is 14.3. The Morgan fingerprint density at radius 3 is 2.62 bits per heavy atom. The van der Waals surface area contributed by atoms with Crippen LogP contribution in [0.5, 0.6) is 0 Å². The van der Waals surface area contributed by atoms with Gasteiger partial charge in [-0.3, -0.25) is 0 Å². The molecule has 0 unspecified atom stereocenters. The highest BCUT2D eigenvalue weighted by Gasteiger charge is 2.21. The Balaban J connectivity index is 1.44. The van der Waals surface area contributed by atoms with Crippen molar-refractivity contribution in [3.63, 3.8) is 0 Å². The molecule has 50 heavy (non-hydrogen) atoms. The largest absolute Gasteiger partial charge is 0.444 e. The first kappa shape index (κ1) is 35.2. The first-order valence-corrected chi connectivity index (χ1v) is 21.4. The van der Waals surface area contributed by atoms with Crippen molar-refractivity contribution in [3.8, 4) is 21.6 Å². The van der Waals surface area contributed by atoms with Gasteiger partial charge in [-0.2, -0.15) is 5.10 Å². The number of hydrogen-bond donors (Lipinski definition) is 1. The fraction of sp³-hybridized carbons (Fsp3) is 0.378. The molecule has 0 atom stereocenters. The Kier molecular flexibility index (Phi) is 10.1. The maximum atomic E-state index is 12.4. The highest BCUT2D eigenvalue weighted by molar-refractivity contribution is 7.22. The Labute approximate surface area is 298 Å². The van der Waals surface area contributed by atoms with Gasteiger partial charge in [-0.05, 0) is 62.0 Å². The Morgan fingerprint density at radius 1 is 1.08 bits per heavy atom. The Morgan fingerprint density at radius 2 is 1.88 bits per heavy atom. The van der Waals surface area contributed by atoms with Crippen LogP contribution in [0.25, 0.3) is 53.6 Å². The molecule has 4 heterocycles. The number of hydrogen-bond acceptors (Lipinski definition) is 8. The maximum Gasteiger partial charge on any atom is 0.407 e. The van der Waals surface area contributed by atoms with E-state index in [1.54, 1.807) is 23.9 Å². The van der Waals surface area contributed by atoms with Crippen molar-refractivity contribution in [3.05, 3.63) is 61.1 Å². The lowest BCUT2D eigenvalue weighted by atomic mass is 10.0. The molecule has 0 spiro atoms. The van der Waals surface area contributed by atoms with Gasteiger partial charge in [0.2, 0.25) is 0 Å². The zero-order valence-corrected chi connectivity index (χ0v) is 32.0. The molecule has 6 rings (SSSR count). The van der Waals surface area contributed by atoms with Crippen LogP contribution in [0.4, 0.5) is 10.7 Å². The number of amides is 1. The van der Waals surface area contributed by atoms with E-state index in [9.17, 15) is 4.79 Å². The minimum atomic E-state index is -1.22. The summed E-state index contributed by atoms with van der Waals surface area (Å²) < 4.78 is 16.9. The maximum absolute atomic E-state index is 12.4. The SMILES string of the molecule is CN(C)/C=N/c1ncc2c(n1)c(-c1cc(-c3cc4ccccc4s3)c3c(cnn3COCC[Si](C)(C)C)c1)cn2CCNC(=O)OC(C)(C)C. The number of aromatic nitrogens is 5. The van der Waals surface area contributed by atoms with Crippen molar-refractivity contribution >= 4 is 69.8 Å². The van der Waals surface area contributed by atoms with Crippen molar-refractivity contribution in [1.29, 1.82) is 0 Å². The van der Waals surface area contributed by atoms with Crippen LogP contribution in [0, 0.1) is 0 Å². The molecular formula is C37H46N8O3SSi. The molecule has 0 bridgehead atoms. The van der Waals surface area contributed by atoms with E-state index in [-0.39, 0.29) is 0 Å². The van der Waals surface area contributed by atoms with E-state index in [1.165, 1.54) is 10.1 Å².